The van der Waals surface area contributed by atoms with Crippen LogP contribution in [0, 0.1) is 27.7 Å². The lowest BCUT2D eigenvalue weighted by molar-refractivity contribution is -0.122. The summed E-state index contributed by atoms with van der Waals surface area (Å²) in [5, 5.41) is 2.75. The molecule has 1 aromatic heterocycles. The van der Waals surface area contributed by atoms with E-state index in [9.17, 15) is 9.59 Å². The van der Waals surface area contributed by atoms with Crippen LogP contribution in [-0.2, 0) is 9.59 Å². The summed E-state index contributed by atoms with van der Waals surface area (Å²) in [7, 11) is 1.63. The van der Waals surface area contributed by atoms with Gasteiger partial charge in [-0.3, -0.25) is 19.8 Å². The molecule has 1 aliphatic heterocycles. The number of rotatable bonds is 4. The first kappa shape index (κ1) is 22.5. The third-order valence-corrected chi connectivity index (χ3v) is 6.09. The van der Waals surface area contributed by atoms with Crippen molar-refractivity contribution in [1.29, 1.82) is 0 Å². The van der Waals surface area contributed by atoms with Crippen molar-refractivity contribution in [1.82, 2.24) is 9.88 Å². The van der Waals surface area contributed by atoms with Gasteiger partial charge in [0.05, 0.1) is 12.8 Å². The third kappa shape index (κ3) is 4.07. The Balaban J connectivity index is 1.76. The van der Waals surface area contributed by atoms with Crippen LogP contribution in [0.25, 0.3) is 11.8 Å². The Morgan fingerprint density at radius 3 is 2.33 bits per heavy atom. The maximum Gasteiger partial charge on any atom is 0.270 e. The Kier molecular flexibility index (Phi) is 5.91. The maximum atomic E-state index is 13.4. The fraction of sp³-hybridized carbons (Fsp3) is 0.192. The van der Waals surface area contributed by atoms with Gasteiger partial charge in [-0.05, 0) is 99.1 Å². The van der Waals surface area contributed by atoms with E-state index in [1.165, 1.54) is 4.90 Å². The van der Waals surface area contributed by atoms with E-state index in [-0.39, 0.29) is 10.7 Å². The van der Waals surface area contributed by atoms with Crippen molar-refractivity contribution in [3.63, 3.8) is 0 Å². The van der Waals surface area contributed by atoms with Gasteiger partial charge >= 0.3 is 0 Å². The number of anilines is 1. The molecule has 3 aromatic rings. The number of amides is 2. The van der Waals surface area contributed by atoms with Crippen LogP contribution in [0.5, 0.6) is 5.75 Å². The van der Waals surface area contributed by atoms with E-state index in [0.717, 1.165) is 39.5 Å². The van der Waals surface area contributed by atoms with Crippen molar-refractivity contribution in [2.24, 2.45) is 0 Å². The lowest BCUT2D eigenvalue weighted by Gasteiger charge is -2.30. The van der Waals surface area contributed by atoms with Crippen molar-refractivity contribution in [3.05, 3.63) is 82.2 Å². The SMILES string of the molecule is COc1ccc(-n2c(C)cc(/C=C3\C(=O)NC(=S)N(c4cc(C)ccc4C)C3=O)c2C)cc1. The number of hydrogen-bond donors (Lipinski definition) is 1. The van der Waals surface area contributed by atoms with Gasteiger partial charge in [0.2, 0.25) is 0 Å². The molecule has 168 valence electrons. The second-order valence-electron chi connectivity index (χ2n) is 8.11. The Bertz CT molecular complexity index is 1320. The van der Waals surface area contributed by atoms with Crippen LogP contribution in [-0.4, -0.2) is 28.6 Å². The molecule has 2 heterocycles. The van der Waals surface area contributed by atoms with Crippen molar-refractivity contribution in [3.8, 4) is 11.4 Å². The normalized spacial score (nSPS) is 15.2. The van der Waals surface area contributed by atoms with Crippen LogP contribution in [0.1, 0.15) is 28.1 Å². The molecule has 4 rings (SSSR count). The van der Waals surface area contributed by atoms with Crippen LogP contribution < -0.4 is 15.0 Å². The number of ether oxygens (including phenoxy) is 1. The molecule has 0 bridgehead atoms. The lowest BCUT2D eigenvalue weighted by Crippen LogP contribution is -2.54. The molecule has 0 radical (unpaired) electrons. The molecule has 0 aliphatic carbocycles. The van der Waals surface area contributed by atoms with Crippen LogP contribution in [0.15, 0.2) is 54.1 Å². The van der Waals surface area contributed by atoms with E-state index in [0.29, 0.717) is 5.69 Å². The molecule has 2 amide bonds. The molecule has 1 aliphatic rings. The van der Waals surface area contributed by atoms with Gasteiger partial charge in [0.15, 0.2) is 5.11 Å². The van der Waals surface area contributed by atoms with E-state index in [1.54, 1.807) is 13.2 Å². The van der Waals surface area contributed by atoms with Crippen molar-refractivity contribution in [2.45, 2.75) is 27.7 Å². The number of thiocarbonyl (C=S) groups is 1. The monoisotopic (exact) mass is 459 g/mol. The summed E-state index contributed by atoms with van der Waals surface area (Å²) in [6, 6.07) is 15.5. The second-order valence-corrected chi connectivity index (χ2v) is 8.49. The number of carbonyl (C=O) groups excluding carboxylic acids is 2. The first-order valence-electron chi connectivity index (χ1n) is 10.5. The minimum absolute atomic E-state index is 0.0412. The third-order valence-electron chi connectivity index (χ3n) is 5.81. The number of benzene rings is 2. The smallest absolute Gasteiger partial charge is 0.270 e. The molecule has 0 saturated carbocycles. The molecule has 0 atom stereocenters. The Hall–Kier alpha value is -3.71. The van der Waals surface area contributed by atoms with Gasteiger partial charge in [-0.25, -0.2) is 0 Å². The molecular weight excluding hydrogens is 434 g/mol. The van der Waals surface area contributed by atoms with Crippen LogP contribution in [0.2, 0.25) is 0 Å². The number of aromatic nitrogens is 1. The zero-order valence-corrected chi connectivity index (χ0v) is 20.0. The Morgan fingerprint density at radius 2 is 1.67 bits per heavy atom. The first-order valence-corrected chi connectivity index (χ1v) is 10.9. The van der Waals surface area contributed by atoms with E-state index < -0.39 is 11.8 Å². The zero-order chi connectivity index (χ0) is 23.9. The van der Waals surface area contributed by atoms with E-state index in [4.69, 9.17) is 17.0 Å². The van der Waals surface area contributed by atoms with Gasteiger partial charge in [-0.2, -0.15) is 0 Å². The Morgan fingerprint density at radius 1 is 0.970 bits per heavy atom. The minimum atomic E-state index is -0.499. The summed E-state index contributed by atoms with van der Waals surface area (Å²) >= 11 is 5.35. The molecule has 7 heteroatoms. The highest BCUT2D eigenvalue weighted by Gasteiger charge is 2.35. The number of aryl methyl sites for hydroxylation is 3. The van der Waals surface area contributed by atoms with Crippen molar-refractivity contribution >= 4 is 40.9 Å². The van der Waals surface area contributed by atoms with E-state index in [2.05, 4.69) is 9.88 Å². The fourth-order valence-corrected chi connectivity index (χ4v) is 4.33. The highest BCUT2D eigenvalue weighted by molar-refractivity contribution is 7.80. The number of nitrogens with zero attached hydrogens (tertiary/aromatic N) is 2. The predicted octanol–water partition coefficient (Wildman–Crippen LogP) is 4.55. The van der Waals surface area contributed by atoms with Crippen LogP contribution >= 0.6 is 12.2 Å². The zero-order valence-electron chi connectivity index (χ0n) is 19.2. The highest BCUT2D eigenvalue weighted by Crippen LogP contribution is 2.28. The lowest BCUT2D eigenvalue weighted by atomic mass is 10.0. The second kappa shape index (κ2) is 8.67. The molecule has 6 nitrogen and oxygen atoms in total. The van der Waals surface area contributed by atoms with Gasteiger partial charge in [-0.1, -0.05) is 12.1 Å². The molecule has 2 aromatic carbocycles. The van der Waals surface area contributed by atoms with E-state index in [1.807, 2.05) is 76.2 Å². The number of carbonyl (C=O) groups is 2. The van der Waals surface area contributed by atoms with Crippen LogP contribution in [0.4, 0.5) is 5.69 Å². The Labute approximate surface area is 198 Å². The van der Waals surface area contributed by atoms with Crippen LogP contribution in [0.3, 0.4) is 0 Å². The number of nitrogens with one attached hydrogen (secondary N) is 1. The standard InChI is InChI=1S/C26H25N3O3S/c1-15-6-7-16(2)23(12-15)29-25(31)22(24(30)27-26(29)33)14-19-13-17(3)28(18(19)4)20-8-10-21(32-5)11-9-20/h6-14H,1-5H3,(H,27,30,33)/b22-14+. The first-order chi connectivity index (χ1) is 15.7. The quantitative estimate of drug-likeness (QED) is 0.353. The van der Waals surface area contributed by atoms with Gasteiger partial charge in [0, 0.05) is 17.1 Å². The molecule has 33 heavy (non-hydrogen) atoms. The minimum Gasteiger partial charge on any atom is -0.497 e. The highest BCUT2D eigenvalue weighted by atomic mass is 32.1. The summed E-state index contributed by atoms with van der Waals surface area (Å²) in [6.45, 7) is 7.80. The van der Waals surface area contributed by atoms with Gasteiger partial charge in [-0.15, -0.1) is 0 Å². The van der Waals surface area contributed by atoms with E-state index >= 15 is 0 Å². The summed E-state index contributed by atoms with van der Waals surface area (Å²) < 4.78 is 7.32. The van der Waals surface area contributed by atoms with Gasteiger partial charge < -0.3 is 9.30 Å². The molecule has 1 fully saturated rings. The molecule has 0 unspecified atom stereocenters. The summed E-state index contributed by atoms with van der Waals surface area (Å²) in [4.78, 5) is 27.6. The topological polar surface area (TPSA) is 63.6 Å². The number of methoxy groups -OCH3 is 1. The number of hydrogen-bond acceptors (Lipinski definition) is 4. The molecule has 1 saturated heterocycles. The van der Waals surface area contributed by atoms with Crippen molar-refractivity contribution < 1.29 is 14.3 Å². The molecule has 0 spiro atoms. The molecule has 1 N–H and O–H groups in total. The summed E-state index contributed by atoms with van der Waals surface area (Å²) in [5.41, 5.74) is 6.25. The average molecular weight is 460 g/mol. The fourth-order valence-electron chi connectivity index (χ4n) is 4.05. The largest absolute Gasteiger partial charge is 0.497 e. The average Bonchev–Trinajstić information content (AvgIpc) is 3.06. The summed E-state index contributed by atoms with van der Waals surface area (Å²) in [6.07, 6.45) is 1.64. The maximum absolute atomic E-state index is 13.4. The summed E-state index contributed by atoms with van der Waals surface area (Å²) in [5.74, 6) is -0.164. The predicted molar refractivity (Wildman–Crippen MR) is 134 cm³/mol. The van der Waals surface area contributed by atoms with Crippen molar-refractivity contribution in [2.75, 3.05) is 12.0 Å². The molecular formula is C26H25N3O3S. The van der Waals surface area contributed by atoms with Gasteiger partial charge in [0.1, 0.15) is 11.3 Å². The van der Waals surface area contributed by atoms with Gasteiger partial charge in [0.25, 0.3) is 11.8 Å².